The fourth-order valence-electron chi connectivity index (χ4n) is 26.7. The van der Waals surface area contributed by atoms with Crippen molar-refractivity contribution in [3.63, 3.8) is 0 Å². The van der Waals surface area contributed by atoms with Crippen LogP contribution in [0.1, 0.15) is 194 Å². The first-order valence-electron chi connectivity index (χ1n) is 54.8. The third-order valence-corrected chi connectivity index (χ3v) is 34.7. The van der Waals surface area contributed by atoms with Gasteiger partial charge in [-0.3, -0.25) is 0 Å². The van der Waals surface area contributed by atoms with Gasteiger partial charge in [0.05, 0.1) is 33.1 Å². The predicted octanol–water partition coefficient (Wildman–Crippen LogP) is 40.4. The lowest BCUT2D eigenvalue weighted by molar-refractivity contribution is 0.400. The number of aromatic nitrogens is 3. The van der Waals surface area contributed by atoms with Crippen molar-refractivity contribution in [3.05, 3.63) is 416 Å². The van der Waals surface area contributed by atoms with E-state index in [0.29, 0.717) is 17.8 Å². The van der Waals surface area contributed by atoms with E-state index >= 15 is 0 Å². The summed E-state index contributed by atoms with van der Waals surface area (Å²) in [5, 5.41) is 15.4. The van der Waals surface area contributed by atoms with Crippen LogP contribution in [0.15, 0.2) is 382 Å². The van der Waals surface area contributed by atoms with E-state index in [4.69, 9.17) is 0 Å². The van der Waals surface area contributed by atoms with Crippen LogP contribution in [0.5, 0.6) is 0 Å². The number of nitrogens with zero attached hydrogens (tertiary/aromatic N) is 6. The molecule has 0 bridgehead atoms. The molecule has 0 saturated heterocycles. The molecule has 0 fully saturated rings. The van der Waals surface area contributed by atoms with Gasteiger partial charge < -0.3 is 28.4 Å². The molecule has 0 aliphatic heterocycles. The molecular weight excluding hydrogens is 1780 g/mol. The average molecular weight is 1910 g/mol. The minimum Gasteiger partial charge on any atom is -0.339 e. The maximum atomic E-state index is 2.93. The van der Waals surface area contributed by atoms with Crippen LogP contribution in [0, 0.1) is 17.8 Å². The highest BCUT2D eigenvalue weighted by Gasteiger charge is 2.41. The third kappa shape index (κ3) is 15.4. The molecule has 22 aromatic rings. The lowest BCUT2D eigenvalue weighted by atomic mass is 9.82. The zero-order chi connectivity index (χ0) is 99.8. The van der Waals surface area contributed by atoms with Crippen LogP contribution in [0.25, 0.3) is 164 Å². The first-order chi connectivity index (χ1) is 71.9. The molecule has 0 spiro atoms. The summed E-state index contributed by atoms with van der Waals surface area (Å²) in [5.74, 6) is 1.12. The van der Waals surface area contributed by atoms with Gasteiger partial charge in [-0.25, -0.2) is 0 Å². The molecule has 3 unspecified atom stereocenters. The molecule has 0 N–H and O–H groups in total. The topological polar surface area (TPSA) is 24.5 Å². The van der Waals surface area contributed by atoms with Crippen molar-refractivity contribution in [1.29, 1.82) is 0 Å². The molecule has 3 aromatic heterocycles. The van der Waals surface area contributed by atoms with E-state index < -0.39 is 0 Å². The van der Waals surface area contributed by atoms with Gasteiger partial charge in [-0.05, 0) is 279 Å². The van der Waals surface area contributed by atoms with Crippen LogP contribution in [-0.4, -0.2) is 13.7 Å². The molecule has 0 amide bonds. The van der Waals surface area contributed by atoms with Crippen LogP contribution < -0.4 is 14.7 Å². The molecule has 3 atom stereocenters. The van der Waals surface area contributed by atoms with E-state index in [1.165, 1.54) is 198 Å². The fourth-order valence-corrected chi connectivity index (χ4v) is 26.7. The molecule has 3 aliphatic rings. The number of fused-ring (bicyclic) bond motifs is 24. The van der Waals surface area contributed by atoms with Crippen LogP contribution in [0.4, 0.5) is 51.2 Å². The summed E-state index contributed by atoms with van der Waals surface area (Å²) in [6.45, 7) is 31.8. The van der Waals surface area contributed by atoms with Crippen molar-refractivity contribution in [2.45, 2.75) is 196 Å². The molecule has 147 heavy (non-hydrogen) atoms. The summed E-state index contributed by atoms with van der Waals surface area (Å²) >= 11 is 0. The Hall–Kier alpha value is -15.2. The van der Waals surface area contributed by atoms with Gasteiger partial charge in [-0.2, -0.15) is 0 Å². The molecule has 726 valence electrons. The van der Waals surface area contributed by atoms with E-state index in [0.717, 1.165) is 148 Å². The lowest BCUT2D eigenvalue weighted by Crippen LogP contribution is -2.16. The number of hydrogen-bond acceptors (Lipinski definition) is 3. The van der Waals surface area contributed by atoms with E-state index in [1.54, 1.807) is 0 Å². The second-order valence-corrected chi connectivity index (χ2v) is 44.3. The molecular formula is C141H132N6. The van der Waals surface area contributed by atoms with Gasteiger partial charge in [0.2, 0.25) is 0 Å². The number of benzene rings is 19. The monoisotopic (exact) mass is 1910 g/mol. The summed E-state index contributed by atoms with van der Waals surface area (Å²) in [7, 11) is 0. The maximum Gasteiger partial charge on any atom is 0.0614 e. The Labute approximate surface area is 867 Å². The smallest absolute Gasteiger partial charge is 0.0614 e. The first-order valence-corrected chi connectivity index (χ1v) is 54.8. The van der Waals surface area contributed by atoms with Crippen LogP contribution in [-0.2, 0) is 35.9 Å². The van der Waals surface area contributed by atoms with E-state index in [2.05, 4.69) is 494 Å². The van der Waals surface area contributed by atoms with Gasteiger partial charge >= 0.3 is 0 Å². The highest BCUT2D eigenvalue weighted by atomic mass is 15.2. The Balaban J connectivity index is 0.801. The maximum absolute atomic E-state index is 2.93. The Bertz CT molecular complexity index is 8050. The van der Waals surface area contributed by atoms with Crippen molar-refractivity contribution in [3.8, 4) is 66.8 Å². The number of rotatable bonds is 30. The van der Waals surface area contributed by atoms with Crippen LogP contribution in [0.3, 0.4) is 0 Å². The fraction of sp³-hybridized carbons (Fsp3) is 0.234. The van der Waals surface area contributed by atoms with Gasteiger partial charge in [0.15, 0.2) is 0 Å². The Morgan fingerprint density at radius 1 is 0.211 bits per heavy atom. The number of hydrogen-bond donors (Lipinski definition) is 0. The van der Waals surface area contributed by atoms with Crippen molar-refractivity contribution < 1.29 is 0 Å². The molecule has 6 heteroatoms. The molecule has 6 nitrogen and oxygen atoms in total. The minimum atomic E-state index is -0.241. The van der Waals surface area contributed by atoms with Crippen molar-refractivity contribution in [2.24, 2.45) is 17.8 Å². The molecule has 3 aliphatic carbocycles. The quantitative estimate of drug-likeness (QED) is 0.0448. The molecule has 25 rings (SSSR count). The van der Waals surface area contributed by atoms with E-state index in [9.17, 15) is 0 Å². The van der Waals surface area contributed by atoms with Crippen LogP contribution in [0.2, 0.25) is 0 Å². The molecule has 0 radical (unpaired) electrons. The second-order valence-electron chi connectivity index (χ2n) is 44.3. The van der Waals surface area contributed by atoms with Gasteiger partial charge in [0.25, 0.3) is 0 Å². The average Bonchev–Trinajstić information content (AvgIpc) is 1.50. The largest absolute Gasteiger partial charge is 0.339 e. The highest BCUT2D eigenvalue weighted by Crippen LogP contribution is 2.59. The van der Waals surface area contributed by atoms with Crippen LogP contribution >= 0.6 is 0 Å². The summed E-state index contributed by atoms with van der Waals surface area (Å²) in [5.41, 5.74) is 40.6. The third-order valence-electron chi connectivity index (χ3n) is 34.7. The minimum absolute atomic E-state index is 0.241. The standard InChI is InChI=1S/C141H132N6/c1-13-19-37-91(16-4)88-142-130-85-106(145(103-70-76-118-115-49-28-31-55-124(115)139(7,8)127(118)82-103)100-64-58-97(59-65-100)112-52-34-43-94-40-22-25-46-109(94)112)73-79-121(130)133-136(142)134-122-80-74-107(146(104-71-77-119-116-50-29-32-56-125(116)140(9,10)128(119)83-104)101-66-60-98(61-67-101)113-53-35-44-95-41-23-26-47-110(95)113)86-131(122)143(89-92(17-5)38-20-14-2)138(134)135-123-81-75-108(87-132(123)144(137(133)135)90-93(18-6)39-21-15-3)147(105-72-78-120-117-51-30-33-57-126(117)141(11,12)129(120)84-105)102-68-62-99(63-69-102)114-54-36-45-96-42-24-27-48-111(96)114/h22-36,40-87,91-93H,13-21,37-39,88-90H2,1-12H3. The normalized spacial score (nSPS) is 14.2. The summed E-state index contributed by atoms with van der Waals surface area (Å²) < 4.78 is 8.80. The SMILES string of the molecule is CCCCC(CC)Cn1c2cc(N(c3ccc(-c4cccc5ccccc45)cc3)c3ccc4c(c3)C(C)(C)c3ccccc3-4)ccc2c2c1c1c3ccc(N(c4ccc(-c5cccc6ccccc56)cc4)c4ccc5c(c4)C(C)(C)c4ccccc4-5)cc3n(CC(CC)CCCC)c1c1c3ccc(N(c4ccc(-c5cccc6ccccc56)cc4)c4ccc5c(c4)C(C)(C)c4ccccc4-5)cc3n(CC(CC)CCCC)c21. The van der Waals surface area contributed by atoms with E-state index in [-0.39, 0.29) is 16.2 Å². The highest BCUT2D eigenvalue weighted by molar-refractivity contribution is 6.40. The summed E-state index contributed by atoms with van der Waals surface area (Å²) in [4.78, 5) is 7.81. The summed E-state index contributed by atoms with van der Waals surface area (Å²) in [6, 6.07) is 148. The molecule has 3 heterocycles. The Kier molecular flexibility index (Phi) is 23.6. The predicted molar refractivity (Wildman–Crippen MR) is 631 cm³/mol. The Morgan fingerprint density at radius 3 is 0.721 bits per heavy atom. The zero-order valence-corrected chi connectivity index (χ0v) is 87.4. The van der Waals surface area contributed by atoms with Gasteiger partial charge in [-0.15, -0.1) is 0 Å². The van der Waals surface area contributed by atoms with Crippen molar-refractivity contribution in [2.75, 3.05) is 14.7 Å². The van der Waals surface area contributed by atoms with Gasteiger partial charge in [0.1, 0.15) is 0 Å². The number of anilines is 9. The van der Waals surface area contributed by atoms with E-state index in [1.807, 2.05) is 0 Å². The first kappa shape index (κ1) is 92.9. The van der Waals surface area contributed by atoms with Gasteiger partial charge in [0, 0.05) is 119 Å². The lowest BCUT2D eigenvalue weighted by Gasteiger charge is -2.28. The number of unbranched alkanes of at least 4 members (excludes halogenated alkanes) is 3. The van der Waals surface area contributed by atoms with Gasteiger partial charge in [-0.1, -0.05) is 414 Å². The van der Waals surface area contributed by atoms with Crippen molar-refractivity contribution >= 4 is 149 Å². The van der Waals surface area contributed by atoms with Crippen molar-refractivity contribution in [1.82, 2.24) is 13.7 Å². The summed E-state index contributed by atoms with van der Waals surface area (Å²) in [6.07, 6.45) is 13.4. The zero-order valence-electron chi connectivity index (χ0n) is 87.4. The molecule has 19 aromatic carbocycles. The molecule has 0 saturated carbocycles. The second kappa shape index (κ2) is 37.4. The Morgan fingerprint density at radius 2 is 0.442 bits per heavy atom.